The van der Waals surface area contributed by atoms with Crippen LogP contribution >= 0.6 is 0 Å². The lowest BCUT2D eigenvalue weighted by atomic mass is 9.44. The van der Waals surface area contributed by atoms with Crippen molar-refractivity contribution in [1.29, 1.82) is 0 Å². The molecule has 11 atom stereocenters. The maximum Gasteiger partial charge on any atom is 0.338 e. The van der Waals surface area contributed by atoms with Gasteiger partial charge in [-0.1, -0.05) is 66.3 Å². The van der Waals surface area contributed by atoms with Gasteiger partial charge in [0.2, 0.25) is 0 Å². The van der Waals surface area contributed by atoms with E-state index in [9.17, 15) is 14.7 Å². The summed E-state index contributed by atoms with van der Waals surface area (Å²) in [5.41, 5.74) is -2.86. The second kappa shape index (κ2) is 13.2. The molecule has 1 aromatic carbocycles. The molecule has 50 heavy (non-hydrogen) atoms. The van der Waals surface area contributed by atoms with Crippen molar-refractivity contribution in [2.45, 2.75) is 140 Å². The quantitative estimate of drug-likeness (QED) is 0.172. The fourth-order valence-electron chi connectivity index (χ4n) is 10.4. The predicted molar refractivity (Wildman–Crippen MR) is 189 cm³/mol. The zero-order valence-electron chi connectivity index (χ0n) is 31.2. The SMILES string of the molecule is C=C[C@@H]1O[C@@H]2C3=C(C)[C@@H](O[Si](CC)(CC)CC)C[C@@](O)([C@@H](OC(=O)c4ccccc4)[C@@H]4[C@]5(OC(C)=O)CO[C@@H]5C[C@H](OC)[C@@]4(C)[C@@H]2O1)C3(C)C. The molecule has 0 aromatic heterocycles. The summed E-state index contributed by atoms with van der Waals surface area (Å²) in [5, 5.41) is 13.8. The highest BCUT2D eigenvalue weighted by Gasteiger charge is 2.79. The molecule has 1 aromatic rings. The molecular formula is C39H56O10Si. The van der Waals surface area contributed by atoms with E-state index in [0.717, 1.165) is 29.3 Å². The van der Waals surface area contributed by atoms with Crippen LogP contribution in [0.3, 0.4) is 0 Å². The molecule has 2 saturated heterocycles. The number of rotatable bonds is 10. The highest BCUT2D eigenvalue weighted by atomic mass is 28.4. The molecule has 0 radical (unpaired) electrons. The Morgan fingerprint density at radius 2 is 1.74 bits per heavy atom. The van der Waals surface area contributed by atoms with Gasteiger partial charge in [0, 0.05) is 37.7 Å². The number of esters is 2. The summed E-state index contributed by atoms with van der Waals surface area (Å²) in [4.78, 5) is 27.4. The first-order valence-electron chi connectivity index (χ1n) is 18.3. The summed E-state index contributed by atoms with van der Waals surface area (Å²) in [7, 11) is -0.589. The van der Waals surface area contributed by atoms with Crippen molar-refractivity contribution in [2.24, 2.45) is 16.7 Å². The van der Waals surface area contributed by atoms with Gasteiger partial charge in [-0.05, 0) is 54.4 Å². The normalized spacial score (nSPS) is 40.3. The van der Waals surface area contributed by atoms with E-state index < -0.39 is 91.1 Å². The number of hydrogen-bond donors (Lipinski definition) is 1. The maximum atomic E-state index is 14.3. The molecule has 6 rings (SSSR count). The van der Waals surface area contributed by atoms with E-state index in [1.807, 2.05) is 26.8 Å². The van der Waals surface area contributed by atoms with Gasteiger partial charge in [0.15, 0.2) is 20.2 Å². The number of benzene rings is 1. The lowest BCUT2D eigenvalue weighted by Gasteiger charge is -2.69. The van der Waals surface area contributed by atoms with Crippen LogP contribution in [0.15, 0.2) is 54.1 Å². The second-order valence-corrected chi connectivity index (χ2v) is 20.5. The first-order chi connectivity index (χ1) is 23.6. The molecule has 3 aliphatic carbocycles. The third-order valence-corrected chi connectivity index (χ3v) is 18.1. The number of fused-ring (bicyclic) bond motifs is 8. The molecule has 11 heteroatoms. The molecule has 5 aliphatic rings. The number of carbonyl (C=O) groups excluding carboxylic acids is 2. The first-order valence-corrected chi connectivity index (χ1v) is 20.8. The summed E-state index contributed by atoms with van der Waals surface area (Å²) in [5.74, 6) is -1.93. The lowest BCUT2D eigenvalue weighted by molar-refractivity contribution is -0.363. The van der Waals surface area contributed by atoms with Crippen molar-refractivity contribution < 1.29 is 47.5 Å². The van der Waals surface area contributed by atoms with E-state index in [-0.39, 0.29) is 13.0 Å². The number of hydrogen-bond acceptors (Lipinski definition) is 10. The Morgan fingerprint density at radius 1 is 1.08 bits per heavy atom. The average Bonchev–Trinajstić information content (AvgIpc) is 3.52. The molecule has 10 nitrogen and oxygen atoms in total. The van der Waals surface area contributed by atoms with E-state index >= 15 is 0 Å². The van der Waals surface area contributed by atoms with E-state index in [1.54, 1.807) is 37.5 Å². The Kier molecular flexibility index (Phi) is 9.89. The van der Waals surface area contributed by atoms with Crippen LogP contribution in [0.1, 0.15) is 78.6 Å². The molecule has 276 valence electrons. The van der Waals surface area contributed by atoms with Crippen molar-refractivity contribution in [1.82, 2.24) is 0 Å². The molecule has 4 fully saturated rings. The van der Waals surface area contributed by atoms with Gasteiger partial charge in [-0.25, -0.2) is 4.79 Å². The predicted octanol–water partition coefficient (Wildman–Crippen LogP) is 6.13. The van der Waals surface area contributed by atoms with Crippen LogP contribution in [0.25, 0.3) is 0 Å². The van der Waals surface area contributed by atoms with Gasteiger partial charge in [-0.15, -0.1) is 0 Å². The van der Waals surface area contributed by atoms with Gasteiger partial charge in [-0.3, -0.25) is 4.79 Å². The number of carbonyl (C=O) groups is 2. The minimum Gasteiger partial charge on any atom is -0.455 e. The smallest absolute Gasteiger partial charge is 0.338 e. The fourth-order valence-corrected chi connectivity index (χ4v) is 13.2. The summed E-state index contributed by atoms with van der Waals surface area (Å²) >= 11 is 0. The molecule has 2 heterocycles. The van der Waals surface area contributed by atoms with Crippen LogP contribution < -0.4 is 0 Å². The minimum atomic E-state index is -2.23. The summed E-state index contributed by atoms with van der Waals surface area (Å²) in [6.07, 6.45) is -2.68. The lowest BCUT2D eigenvalue weighted by Crippen LogP contribution is -2.82. The molecular weight excluding hydrogens is 657 g/mol. The van der Waals surface area contributed by atoms with E-state index in [1.165, 1.54) is 6.92 Å². The van der Waals surface area contributed by atoms with Crippen molar-refractivity contribution in [3.05, 3.63) is 59.7 Å². The van der Waals surface area contributed by atoms with Gasteiger partial charge in [0.25, 0.3) is 0 Å². The molecule has 0 unspecified atom stereocenters. The van der Waals surface area contributed by atoms with E-state index in [0.29, 0.717) is 12.0 Å². The Labute approximate surface area is 297 Å². The van der Waals surface area contributed by atoms with Crippen LogP contribution in [0.5, 0.6) is 0 Å². The van der Waals surface area contributed by atoms with Crippen LogP contribution in [0, 0.1) is 16.7 Å². The molecule has 2 bridgehead atoms. The Balaban J connectivity index is 1.67. The monoisotopic (exact) mass is 712 g/mol. The maximum absolute atomic E-state index is 14.3. The van der Waals surface area contributed by atoms with Gasteiger partial charge < -0.3 is 38.0 Å². The van der Waals surface area contributed by atoms with Crippen molar-refractivity contribution >= 4 is 20.3 Å². The number of aliphatic hydroxyl groups is 1. The average molecular weight is 713 g/mol. The Morgan fingerprint density at radius 3 is 2.28 bits per heavy atom. The third kappa shape index (κ3) is 5.32. The van der Waals surface area contributed by atoms with Gasteiger partial charge in [0.05, 0.1) is 36.4 Å². The zero-order valence-corrected chi connectivity index (χ0v) is 32.2. The van der Waals surface area contributed by atoms with Crippen LogP contribution in [0.2, 0.25) is 18.1 Å². The van der Waals surface area contributed by atoms with Crippen LogP contribution in [-0.2, 0) is 37.6 Å². The standard InChI is InChI=1S/C39H56O10Si/c1-11-29-45-31-30-23(5)26(49-50(12-2,13-3)14-4)21-39(42,36(30,7)8)34(47-35(41)25-18-16-15-17-19-25)32-37(9,33(31)46-29)27(43-10)20-28-38(32,22-44-28)48-24(6)40/h11,15-19,26-29,31-34,42H,1,12-14,20-22H2,2-10H3/t26-,27-,28+,29+,31+,32-,33+,34-,37+,38-,39+/m0/s1. The summed E-state index contributed by atoms with van der Waals surface area (Å²) < 4.78 is 46.4. The van der Waals surface area contributed by atoms with Crippen molar-refractivity contribution in [3.63, 3.8) is 0 Å². The largest absolute Gasteiger partial charge is 0.455 e. The molecule has 1 N–H and O–H groups in total. The van der Waals surface area contributed by atoms with E-state index in [4.69, 9.17) is 32.8 Å². The Hall–Kier alpha value is -2.38. The molecule has 2 aliphatic heterocycles. The second-order valence-electron chi connectivity index (χ2n) is 15.8. The molecule has 2 saturated carbocycles. The van der Waals surface area contributed by atoms with Gasteiger partial charge in [0.1, 0.15) is 23.9 Å². The van der Waals surface area contributed by atoms with Crippen molar-refractivity contribution in [2.75, 3.05) is 13.7 Å². The number of ether oxygens (including phenoxy) is 6. The highest BCUT2D eigenvalue weighted by molar-refractivity contribution is 6.73. The van der Waals surface area contributed by atoms with Crippen molar-refractivity contribution in [3.8, 4) is 0 Å². The Bertz CT molecular complexity index is 1500. The zero-order chi connectivity index (χ0) is 36.4. The minimum absolute atomic E-state index is 0.0617. The summed E-state index contributed by atoms with van der Waals surface area (Å²) in [6.45, 7) is 20.1. The van der Waals surface area contributed by atoms with Gasteiger partial charge in [-0.2, -0.15) is 0 Å². The van der Waals surface area contributed by atoms with E-state index in [2.05, 4.69) is 34.3 Å². The fraction of sp³-hybridized carbons (Fsp3) is 0.692. The van der Waals surface area contributed by atoms with Crippen LogP contribution in [-0.4, -0.2) is 93.2 Å². The third-order valence-electron chi connectivity index (χ3n) is 13.4. The highest BCUT2D eigenvalue weighted by Crippen LogP contribution is 2.67. The topological polar surface area (TPSA) is 119 Å². The number of methoxy groups -OCH3 is 1. The molecule has 0 spiro atoms. The molecule has 0 amide bonds. The first kappa shape index (κ1) is 37.4. The van der Waals surface area contributed by atoms with Gasteiger partial charge >= 0.3 is 11.9 Å². The summed E-state index contributed by atoms with van der Waals surface area (Å²) in [6, 6.07) is 11.5. The van der Waals surface area contributed by atoms with Crippen LogP contribution in [0.4, 0.5) is 0 Å².